The van der Waals surface area contributed by atoms with E-state index in [-0.39, 0.29) is 5.91 Å². The largest absolute Gasteiger partial charge is 0.453 e. The predicted octanol–water partition coefficient (Wildman–Crippen LogP) is 5.81. The van der Waals surface area contributed by atoms with Crippen LogP contribution in [0.2, 0.25) is 0 Å². The van der Waals surface area contributed by atoms with Gasteiger partial charge in [-0.25, -0.2) is 0 Å². The van der Waals surface area contributed by atoms with Crippen LogP contribution < -0.4 is 0 Å². The lowest BCUT2D eigenvalue weighted by Crippen LogP contribution is -2.49. The second-order valence-corrected chi connectivity index (χ2v) is 10.1. The van der Waals surface area contributed by atoms with E-state index in [0.29, 0.717) is 29.4 Å². The summed E-state index contributed by atoms with van der Waals surface area (Å²) in [7, 11) is 1.94. The zero-order chi connectivity index (χ0) is 21.9. The molecule has 5 rings (SSSR count). The maximum Gasteiger partial charge on any atom is 0.233 e. The SMILES string of the molecule is Cn1c(SCC(=O)N(C2CCCCC2)C2CCCCC2)nnc1-c1cc2ccccc2o1. The lowest BCUT2D eigenvalue weighted by molar-refractivity contribution is -0.135. The number of thioether (sulfide) groups is 1. The molecule has 0 aliphatic heterocycles. The highest BCUT2D eigenvalue weighted by Crippen LogP contribution is 2.32. The van der Waals surface area contributed by atoms with Crippen molar-refractivity contribution in [2.45, 2.75) is 81.4 Å². The van der Waals surface area contributed by atoms with Gasteiger partial charge < -0.3 is 13.9 Å². The van der Waals surface area contributed by atoms with Crippen molar-refractivity contribution in [1.82, 2.24) is 19.7 Å². The van der Waals surface area contributed by atoms with E-state index < -0.39 is 0 Å². The molecule has 2 aromatic heterocycles. The minimum Gasteiger partial charge on any atom is -0.453 e. The van der Waals surface area contributed by atoms with Crippen LogP contribution in [0.5, 0.6) is 0 Å². The average Bonchev–Trinajstić information content (AvgIpc) is 3.42. The Morgan fingerprint density at radius 2 is 1.69 bits per heavy atom. The quantitative estimate of drug-likeness (QED) is 0.441. The molecule has 32 heavy (non-hydrogen) atoms. The Hall–Kier alpha value is -2.28. The van der Waals surface area contributed by atoms with Gasteiger partial charge in [0.15, 0.2) is 16.7 Å². The fourth-order valence-electron chi connectivity index (χ4n) is 5.37. The fraction of sp³-hybridized carbons (Fsp3) is 0.560. The molecular formula is C25H32N4O2S. The lowest BCUT2D eigenvalue weighted by Gasteiger charge is -2.41. The highest BCUT2D eigenvalue weighted by atomic mass is 32.2. The van der Waals surface area contributed by atoms with Crippen molar-refractivity contribution >= 4 is 28.6 Å². The maximum atomic E-state index is 13.4. The van der Waals surface area contributed by atoms with E-state index in [0.717, 1.165) is 41.8 Å². The molecule has 0 bridgehead atoms. The second-order valence-electron chi connectivity index (χ2n) is 9.19. The highest BCUT2D eigenvalue weighted by molar-refractivity contribution is 7.99. The molecule has 0 saturated heterocycles. The van der Waals surface area contributed by atoms with Crippen LogP contribution in [0.25, 0.3) is 22.6 Å². The van der Waals surface area contributed by atoms with Crippen molar-refractivity contribution < 1.29 is 9.21 Å². The molecule has 2 heterocycles. The summed E-state index contributed by atoms with van der Waals surface area (Å²) in [6.45, 7) is 0. The number of fused-ring (bicyclic) bond motifs is 1. The normalized spacial score (nSPS) is 18.3. The Kier molecular flexibility index (Phi) is 6.53. The fourth-order valence-corrected chi connectivity index (χ4v) is 6.15. The van der Waals surface area contributed by atoms with Gasteiger partial charge in [0.25, 0.3) is 0 Å². The number of hydrogen-bond acceptors (Lipinski definition) is 5. The molecule has 0 radical (unpaired) electrons. The predicted molar refractivity (Wildman–Crippen MR) is 128 cm³/mol. The van der Waals surface area contributed by atoms with Crippen molar-refractivity contribution in [1.29, 1.82) is 0 Å². The van der Waals surface area contributed by atoms with Gasteiger partial charge in [-0.3, -0.25) is 4.79 Å². The van der Waals surface area contributed by atoms with Crippen molar-refractivity contribution in [2.75, 3.05) is 5.75 Å². The Balaban J connectivity index is 1.30. The Morgan fingerprint density at radius 1 is 1.03 bits per heavy atom. The molecule has 0 atom stereocenters. The smallest absolute Gasteiger partial charge is 0.233 e. The van der Waals surface area contributed by atoms with Gasteiger partial charge in [-0.1, -0.05) is 68.5 Å². The number of amides is 1. The van der Waals surface area contributed by atoms with Crippen molar-refractivity contribution in [3.05, 3.63) is 30.3 Å². The third kappa shape index (κ3) is 4.45. The second kappa shape index (κ2) is 9.69. The van der Waals surface area contributed by atoms with Gasteiger partial charge in [0, 0.05) is 24.5 Å². The first-order valence-corrected chi connectivity index (χ1v) is 13.0. The van der Waals surface area contributed by atoms with Crippen molar-refractivity contribution in [3.63, 3.8) is 0 Å². The van der Waals surface area contributed by atoms with E-state index in [4.69, 9.17) is 4.42 Å². The molecule has 6 nitrogen and oxygen atoms in total. The zero-order valence-corrected chi connectivity index (χ0v) is 19.6. The van der Waals surface area contributed by atoms with Crippen LogP contribution in [0.3, 0.4) is 0 Å². The number of carbonyl (C=O) groups is 1. The first-order chi connectivity index (χ1) is 15.7. The number of aromatic nitrogens is 3. The third-order valence-electron chi connectivity index (χ3n) is 7.03. The monoisotopic (exact) mass is 452 g/mol. The molecule has 1 amide bonds. The van der Waals surface area contributed by atoms with Gasteiger partial charge in [-0.15, -0.1) is 10.2 Å². The number of hydrogen-bond donors (Lipinski definition) is 0. The minimum absolute atomic E-state index is 0.266. The number of furan rings is 1. The third-order valence-corrected chi connectivity index (χ3v) is 8.03. The molecule has 7 heteroatoms. The summed E-state index contributed by atoms with van der Waals surface area (Å²) in [4.78, 5) is 15.7. The zero-order valence-electron chi connectivity index (χ0n) is 18.8. The molecule has 2 aliphatic carbocycles. The van der Waals surface area contributed by atoms with E-state index in [1.165, 1.54) is 50.3 Å². The van der Waals surface area contributed by atoms with Crippen LogP contribution in [0, 0.1) is 0 Å². The average molecular weight is 453 g/mol. The maximum absolute atomic E-state index is 13.4. The minimum atomic E-state index is 0.266. The number of nitrogens with zero attached hydrogens (tertiary/aromatic N) is 4. The molecule has 2 aliphatic rings. The van der Waals surface area contributed by atoms with Crippen LogP contribution >= 0.6 is 11.8 Å². The molecule has 0 spiro atoms. The van der Waals surface area contributed by atoms with Crippen molar-refractivity contribution in [3.8, 4) is 11.6 Å². The summed E-state index contributed by atoms with van der Waals surface area (Å²) >= 11 is 1.49. The molecule has 3 aromatic rings. The summed E-state index contributed by atoms with van der Waals surface area (Å²) in [6.07, 6.45) is 12.2. The topological polar surface area (TPSA) is 64.2 Å². The Morgan fingerprint density at radius 3 is 2.34 bits per heavy atom. The van der Waals surface area contributed by atoms with Crippen LogP contribution in [-0.2, 0) is 11.8 Å². The molecule has 2 saturated carbocycles. The van der Waals surface area contributed by atoms with E-state index in [1.54, 1.807) is 0 Å². The molecule has 0 N–H and O–H groups in total. The Bertz CT molecular complexity index is 1010. The summed E-state index contributed by atoms with van der Waals surface area (Å²) in [5, 5.41) is 10.5. The van der Waals surface area contributed by atoms with Gasteiger partial charge in [0.05, 0.1) is 5.75 Å². The molecule has 2 fully saturated rings. The first kappa shape index (κ1) is 21.6. The number of rotatable bonds is 6. The summed E-state index contributed by atoms with van der Waals surface area (Å²) < 4.78 is 7.89. The highest BCUT2D eigenvalue weighted by Gasteiger charge is 2.32. The van der Waals surface area contributed by atoms with Gasteiger partial charge in [0.2, 0.25) is 5.91 Å². The standard InChI is InChI=1S/C25H32N4O2S/c1-28-24(22-16-18-10-8-9-15-21(18)31-22)26-27-25(28)32-17-23(30)29(19-11-4-2-5-12-19)20-13-6-3-7-14-20/h8-10,15-16,19-20H,2-7,11-14,17H2,1H3. The summed E-state index contributed by atoms with van der Waals surface area (Å²) in [5.74, 6) is 2.07. The van der Waals surface area contributed by atoms with Crippen LogP contribution in [0.1, 0.15) is 64.2 Å². The van der Waals surface area contributed by atoms with Crippen LogP contribution in [0.4, 0.5) is 0 Å². The first-order valence-electron chi connectivity index (χ1n) is 12.0. The van der Waals surface area contributed by atoms with Crippen LogP contribution in [0.15, 0.2) is 39.9 Å². The van der Waals surface area contributed by atoms with Crippen molar-refractivity contribution in [2.24, 2.45) is 7.05 Å². The number of para-hydroxylation sites is 1. The molecular weight excluding hydrogens is 420 g/mol. The van der Waals surface area contributed by atoms with Gasteiger partial charge >= 0.3 is 0 Å². The molecule has 170 valence electrons. The van der Waals surface area contributed by atoms with E-state index in [1.807, 2.05) is 41.9 Å². The lowest BCUT2D eigenvalue weighted by atomic mass is 9.88. The van der Waals surface area contributed by atoms with Gasteiger partial charge in [-0.05, 0) is 37.8 Å². The van der Waals surface area contributed by atoms with E-state index in [9.17, 15) is 4.79 Å². The van der Waals surface area contributed by atoms with E-state index in [2.05, 4.69) is 15.1 Å². The summed E-state index contributed by atoms with van der Waals surface area (Å²) in [5.41, 5.74) is 0.838. The number of benzene rings is 1. The van der Waals surface area contributed by atoms with E-state index >= 15 is 0 Å². The number of carbonyl (C=O) groups excluding carboxylic acids is 1. The van der Waals surface area contributed by atoms with Crippen LogP contribution in [-0.4, -0.2) is 43.4 Å². The molecule has 0 unspecified atom stereocenters. The van der Waals surface area contributed by atoms with Gasteiger partial charge in [-0.2, -0.15) is 0 Å². The molecule has 1 aromatic carbocycles. The Labute approximate surface area is 193 Å². The van der Waals surface area contributed by atoms with Gasteiger partial charge in [0.1, 0.15) is 5.58 Å². The summed E-state index contributed by atoms with van der Waals surface area (Å²) in [6, 6.07) is 10.8.